The maximum absolute atomic E-state index is 5.69. The highest BCUT2D eigenvalue weighted by atomic mass is 15.2. The molecular formula is C11H19N3. The maximum Gasteiger partial charge on any atom is 0.130 e. The van der Waals surface area contributed by atoms with E-state index in [2.05, 4.69) is 23.7 Å². The highest BCUT2D eigenvalue weighted by Crippen LogP contribution is 2.13. The molecule has 1 aromatic rings. The van der Waals surface area contributed by atoms with Gasteiger partial charge in [-0.25, -0.2) is 4.98 Å². The zero-order valence-electron chi connectivity index (χ0n) is 9.20. The second-order valence-corrected chi connectivity index (χ2v) is 4.05. The number of hydrogen-bond acceptors (Lipinski definition) is 3. The summed E-state index contributed by atoms with van der Waals surface area (Å²) >= 11 is 0. The lowest BCUT2D eigenvalue weighted by Crippen LogP contribution is -2.20. The van der Waals surface area contributed by atoms with Gasteiger partial charge in [-0.05, 0) is 18.4 Å². The minimum Gasteiger partial charge on any atom is -0.399 e. The molecule has 0 aliphatic rings. The van der Waals surface area contributed by atoms with Gasteiger partial charge in [-0.1, -0.05) is 13.8 Å². The van der Waals surface area contributed by atoms with Crippen LogP contribution >= 0.6 is 0 Å². The largest absolute Gasteiger partial charge is 0.399 e. The smallest absolute Gasteiger partial charge is 0.130 e. The summed E-state index contributed by atoms with van der Waals surface area (Å²) in [5.41, 5.74) is 6.46. The third kappa shape index (κ3) is 3.24. The molecule has 3 heteroatoms. The molecule has 1 heterocycles. The van der Waals surface area contributed by atoms with Crippen LogP contribution in [0.5, 0.6) is 0 Å². The number of rotatable bonds is 4. The van der Waals surface area contributed by atoms with Gasteiger partial charge >= 0.3 is 0 Å². The number of anilines is 2. The summed E-state index contributed by atoms with van der Waals surface area (Å²) in [5, 5.41) is 0. The first-order valence-corrected chi connectivity index (χ1v) is 5.02. The minimum atomic E-state index is 0.721. The average Bonchev–Trinajstić information content (AvgIpc) is 2.14. The number of pyridine rings is 1. The Hall–Kier alpha value is -1.25. The zero-order valence-corrected chi connectivity index (χ0v) is 9.20. The van der Waals surface area contributed by atoms with E-state index in [9.17, 15) is 0 Å². The van der Waals surface area contributed by atoms with E-state index in [1.165, 1.54) is 6.42 Å². The van der Waals surface area contributed by atoms with Crippen molar-refractivity contribution in [3.05, 3.63) is 18.3 Å². The zero-order chi connectivity index (χ0) is 10.6. The summed E-state index contributed by atoms with van der Waals surface area (Å²) in [6.45, 7) is 5.47. The van der Waals surface area contributed by atoms with Crippen molar-refractivity contribution in [2.45, 2.75) is 20.3 Å². The van der Waals surface area contributed by atoms with Crippen molar-refractivity contribution in [1.82, 2.24) is 4.98 Å². The van der Waals surface area contributed by atoms with E-state index in [1.54, 1.807) is 12.3 Å². The van der Waals surface area contributed by atoms with E-state index in [-0.39, 0.29) is 0 Å². The van der Waals surface area contributed by atoms with Gasteiger partial charge in [0.2, 0.25) is 0 Å². The fourth-order valence-corrected chi connectivity index (χ4v) is 1.21. The second-order valence-electron chi connectivity index (χ2n) is 4.05. The topological polar surface area (TPSA) is 42.1 Å². The first kappa shape index (κ1) is 10.8. The fourth-order valence-electron chi connectivity index (χ4n) is 1.21. The van der Waals surface area contributed by atoms with Gasteiger partial charge in [0, 0.05) is 31.5 Å². The van der Waals surface area contributed by atoms with Crippen molar-refractivity contribution < 1.29 is 0 Å². The molecule has 0 amide bonds. The normalized spacial score (nSPS) is 10.6. The Bertz CT molecular complexity index is 284. The molecule has 1 aromatic heterocycles. The average molecular weight is 193 g/mol. The Morgan fingerprint density at radius 2 is 2.21 bits per heavy atom. The van der Waals surface area contributed by atoms with Gasteiger partial charge in [0.1, 0.15) is 5.82 Å². The number of hydrogen-bond donors (Lipinski definition) is 1. The van der Waals surface area contributed by atoms with Crippen LogP contribution in [0.2, 0.25) is 0 Å². The van der Waals surface area contributed by atoms with Crippen LogP contribution in [0.1, 0.15) is 20.3 Å². The summed E-state index contributed by atoms with van der Waals surface area (Å²) in [6.07, 6.45) is 2.92. The van der Waals surface area contributed by atoms with E-state index < -0.39 is 0 Å². The Balaban J connectivity index is 2.56. The highest BCUT2D eigenvalue weighted by Gasteiger charge is 2.03. The lowest BCUT2D eigenvalue weighted by atomic mass is 10.1. The lowest BCUT2D eigenvalue weighted by Gasteiger charge is -2.19. The van der Waals surface area contributed by atoms with Crippen molar-refractivity contribution in [3.63, 3.8) is 0 Å². The Kier molecular flexibility index (Phi) is 3.74. The van der Waals surface area contributed by atoms with Crippen LogP contribution in [0.4, 0.5) is 11.5 Å². The number of nitrogen functional groups attached to an aromatic ring is 1. The van der Waals surface area contributed by atoms with Crippen LogP contribution < -0.4 is 10.6 Å². The molecule has 14 heavy (non-hydrogen) atoms. The van der Waals surface area contributed by atoms with Crippen LogP contribution in [-0.4, -0.2) is 18.6 Å². The summed E-state index contributed by atoms with van der Waals surface area (Å²) in [5.74, 6) is 1.67. The van der Waals surface area contributed by atoms with Crippen LogP contribution in [0.25, 0.3) is 0 Å². The first-order chi connectivity index (χ1) is 6.59. The molecule has 1 rings (SSSR count). The van der Waals surface area contributed by atoms with Crippen LogP contribution in [0.15, 0.2) is 18.3 Å². The second kappa shape index (κ2) is 4.84. The summed E-state index contributed by atoms with van der Waals surface area (Å²) < 4.78 is 0. The predicted molar refractivity (Wildman–Crippen MR) is 61.4 cm³/mol. The minimum absolute atomic E-state index is 0.721. The molecule has 3 nitrogen and oxygen atoms in total. The molecule has 0 aliphatic heterocycles. The first-order valence-electron chi connectivity index (χ1n) is 5.02. The van der Waals surface area contributed by atoms with E-state index >= 15 is 0 Å². The van der Waals surface area contributed by atoms with Gasteiger partial charge in [0.15, 0.2) is 0 Å². The number of aromatic nitrogens is 1. The third-order valence-corrected chi connectivity index (χ3v) is 2.20. The van der Waals surface area contributed by atoms with Crippen molar-refractivity contribution in [2.75, 3.05) is 24.2 Å². The molecule has 0 atom stereocenters. The molecule has 0 fully saturated rings. The van der Waals surface area contributed by atoms with E-state index in [4.69, 9.17) is 5.73 Å². The molecule has 0 aliphatic carbocycles. The Labute approximate surface area is 85.9 Å². The van der Waals surface area contributed by atoms with Crippen LogP contribution in [0.3, 0.4) is 0 Å². The molecular weight excluding hydrogens is 174 g/mol. The molecule has 0 unspecified atom stereocenters. The molecule has 78 valence electrons. The Morgan fingerprint density at radius 1 is 1.50 bits per heavy atom. The summed E-state index contributed by atoms with van der Waals surface area (Å²) in [6, 6.07) is 3.71. The quantitative estimate of drug-likeness (QED) is 0.796. The lowest BCUT2D eigenvalue weighted by molar-refractivity contribution is 0.583. The highest BCUT2D eigenvalue weighted by molar-refractivity contribution is 5.49. The van der Waals surface area contributed by atoms with Gasteiger partial charge in [0.05, 0.1) is 0 Å². The molecule has 0 saturated heterocycles. The van der Waals surface area contributed by atoms with Gasteiger partial charge < -0.3 is 10.6 Å². The molecule has 0 saturated carbocycles. The molecule has 0 spiro atoms. The molecule has 0 radical (unpaired) electrons. The summed E-state index contributed by atoms with van der Waals surface area (Å²) in [7, 11) is 2.05. The van der Waals surface area contributed by atoms with Crippen LogP contribution in [-0.2, 0) is 0 Å². The molecule has 0 aromatic carbocycles. The monoisotopic (exact) mass is 193 g/mol. The van der Waals surface area contributed by atoms with Crippen molar-refractivity contribution in [3.8, 4) is 0 Å². The van der Waals surface area contributed by atoms with Crippen molar-refractivity contribution >= 4 is 11.5 Å². The Morgan fingerprint density at radius 3 is 2.79 bits per heavy atom. The van der Waals surface area contributed by atoms with Crippen LogP contribution in [0, 0.1) is 5.92 Å². The van der Waals surface area contributed by atoms with E-state index in [0.717, 1.165) is 24.0 Å². The van der Waals surface area contributed by atoms with E-state index in [1.807, 2.05) is 13.1 Å². The summed E-state index contributed by atoms with van der Waals surface area (Å²) in [4.78, 5) is 6.40. The number of nitrogens with zero attached hydrogens (tertiary/aromatic N) is 2. The van der Waals surface area contributed by atoms with Crippen molar-refractivity contribution in [1.29, 1.82) is 0 Å². The molecule has 2 N–H and O–H groups in total. The third-order valence-electron chi connectivity index (χ3n) is 2.20. The van der Waals surface area contributed by atoms with Gasteiger partial charge in [-0.3, -0.25) is 0 Å². The maximum atomic E-state index is 5.69. The van der Waals surface area contributed by atoms with E-state index in [0.29, 0.717) is 0 Å². The molecule has 0 bridgehead atoms. The van der Waals surface area contributed by atoms with Gasteiger partial charge in [-0.15, -0.1) is 0 Å². The fraction of sp³-hybridized carbons (Fsp3) is 0.545. The SMILES string of the molecule is CC(C)CCN(C)c1cc(N)ccn1. The number of nitrogens with two attached hydrogens (primary N) is 1. The standard InChI is InChI=1S/C11H19N3/c1-9(2)5-7-14(3)11-8-10(12)4-6-13-11/h4,6,8-9H,5,7H2,1-3H3,(H2,12,13). The van der Waals surface area contributed by atoms with Gasteiger partial charge in [0.25, 0.3) is 0 Å². The predicted octanol–water partition coefficient (Wildman–Crippen LogP) is 2.15. The van der Waals surface area contributed by atoms with Gasteiger partial charge in [-0.2, -0.15) is 0 Å². The van der Waals surface area contributed by atoms with Crippen molar-refractivity contribution in [2.24, 2.45) is 5.92 Å².